The number of benzene rings is 3. The SMILES string of the molecule is Cc1nc2ccc(S(=O)(=O)N3CCOc4ccc(-c5ccc(C#N)cc5)cc43)cc2o1. The van der Waals surface area contributed by atoms with Crippen molar-refractivity contribution in [2.45, 2.75) is 11.8 Å². The molecule has 0 atom stereocenters. The maximum absolute atomic E-state index is 13.5. The fourth-order valence-corrected chi connectivity index (χ4v) is 5.13. The lowest BCUT2D eigenvalue weighted by Crippen LogP contribution is -2.37. The number of nitriles is 1. The van der Waals surface area contributed by atoms with E-state index >= 15 is 0 Å². The van der Waals surface area contributed by atoms with Crippen LogP contribution in [0, 0.1) is 18.3 Å². The summed E-state index contributed by atoms with van der Waals surface area (Å²) in [5, 5.41) is 9.01. The lowest BCUT2D eigenvalue weighted by Gasteiger charge is -2.31. The van der Waals surface area contributed by atoms with Gasteiger partial charge >= 0.3 is 0 Å². The van der Waals surface area contributed by atoms with Crippen LogP contribution >= 0.6 is 0 Å². The molecule has 1 aliphatic heterocycles. The standard InChI is InChI=1S/C23H17N3O4S/c1-15-25-20-8-7-19(13-23(20)30-15)31(27,28)26-10-11-29-22-9-6-18(12-21(22)26)17-4-2-16(14-24)3-5-17/h2-9,12-13H,10-11H2,1H3. The van der Waals surface area contributed by atoms with E-state index in [0.717, 1.165) is 11.1 Å². The molecule has 8 heteroatoms. The van der Waals surface area contributed by atoms with Crippen LogP contribution in [-0.4, -0.2) is 26.6 Å². The fourth-order valence-electron chi connectivity index (χ4n) is 3.67. The van der Waals surface area contributed by atoms with Crippen molar-refractivity contribution in [2.75, 3.05) is 17.5 Å². The van der Waals surface area contributed by atoms with Crippen LogP contribution in [0.2, 0.25) is 0 Å². The molecule has 0 N–H and O–H groups in total. The van der Waals surface area contributed by atoms with Crippen LogP contribution in [-0.2, 0) is 10.0 Å². The Balaban J connectivity index is 1.58. The molecule has 1 aliphatic rings. The summed E-state index contributed by atoms with van der Waals surface area (Å²) < 4.78 is 39.6. The summed E-state index contributed by atoms with van der Waals surface area (Å²) >= 11 is 0. The van der Waals surface area contributed by atoms with Crippen molar-refractivity contribution in [2.24, 2.45) is 0 Å². The van der Waals surface area contributed by atoms with Crippen molar-refractivity contribution >= 4 is 26.8 Å². The maximum atomic E-state index is 13.5. The number of aryl methyl sites for hydroxylation is 1. The van der Waals surface area contributed by atoms with Gasteiger partial charge in [-0.2, -0.15) is 5.26 Å². The van der Waals surface area contributed by atoms with Gasteiger partial charge in [-0.25, -0.2) is 13.4 Å². The molecule has 0 unspecified atom stereocenters. The van der Waals surface area contributed by atoms with Gasteiger partial charge in [-0.15, -0.1) is 0 Å². The zero-order valence-electron chi connectivity index (χ0n) is 16.6. The van der Waals surface area contributed by atoms with Crippen molar-refractivity contribution in [3.63, 3.8) is 0 Å². The van der Waals surface area contributed by atoms with Gasteiger partial charge < -0.3 is 9.15 Å². The predicted octanol–water partition coefficient (Wildman–Crippen LogP) is 4.26. The maximum Gasteiger partial charge on any atom is 0.264 e. The average Bonchev–Trinajstić information content (AvgIpc) is 3.17. The number of sulfonamides is 1. The number of hydrogen-bond donors (Lipinski definition) is 0. The Bertz CT molecular complexity index is 1450. The molecule has 2 heterocycles. The van der Waals surface area contributed by atoms with Crippen LogP contribution in [0.5, 0.6) is 5.75 Å². The number of ether oxygens (including phenoxy) is 1. The van der Waals surface area contributed by atoms with Gasteiger partial charge in [0.15, 0.2) is 11.5 Å². The minimum Gasteiger partial charge on any atom is -0.489 e. The van der Waals surface area contributed by atoms with E-state index in [1.807, 2.05) is 18.2 Å². The molecule has 0 amide bonds. The Morgan fingerprint density at radius 1 is 1.03 bits per heavy atom. The molecule has 0 aliphatic carbocycles. The highest BCUT2D eigenvalue weighted by Gasteiger charge is 2.31. The number of hydrogen-bond acceptors (Lipinski definition) is 6. The summed E-state index contributed by atoms with van der Waals surface area (Å²) in [7, 11) is -3.84. The summed E-state index contributed by atoms with van der Waals surface area (Å²) in [6.07, 6.45) is 0. The molecule has 7 nitrogen and oxygen atoms in total. The molecule has 0 bridgehead atoms. The van der Waals surface area contributed by atoms with Crippen LogP contribution < -0.4 is 9.04 Å². The molecule has 0 saturated carbocycles. The minimum atomic E-state index is -3.84. The summed E-state index contributed by atoms with van der Waals surface area (Å²) in [4.78, 5) is 4.36. The summed E-state index contributed by atoms with van der Waals surface area (Å²) in [6.45, 7) is 2.17. The molecule has 0 saturated heterocycles. The van der Waals surface area contributed by atoms with Crippen molar-refractivity contribution in [1.82, 2.24) is 4.98 Å². The summed E-state index contributed by atoms with van der Waals surface area (Å²) in [5.41, 5.74) is 3.79. The van der Waals surface area contributed by atoms with Gasteiger partial charge in [0.2, 0.25) is 0 Å². The van der Waals surface area contributed by atoms with Crippen LogP contribution in [0.4, 0.5) is 5.69 Å². The Morgan fingerprint density at radius 2 is 1.81 bits per heavy atom. The molecular weight excluding hydrogens is 414 g/mol. The lowest BCUT2D eigenvalue weighted by molar-refractivity contribution is 0.316. The highest BCUT2D eigenvalue weighted by Crippen LogP contribution is 2.38. The monoisotopic (exact) mass is 431 g/mol. The van der Waals surface area contributed by atoms with E-state index in [4.69, 9.17) is 14.4 Å². The highest BCUT2D eigenvalue weighted by molar-refractivity contribution is 7.92. The molecule has 3 aromatic carbocycles. The van der Waals surface area contributed by atoms with E-state index in [9.17, 15) is 8.42 Å². The van der Waals surface area contributed by atoms with Gasteiger partial charge in [0, 0.05) is 13.0 Å². The van der Waals surface area contributed by atoms with E-state index in [0.29, 0.717) is 34.0 Å². The smallest absolute Gasteiger partial charge is 0.264 e. The zero-order valence-corrected chi connectivity index (χ0v) is 17.4. The number of anilines is 1. The van der Waals surface area contributed by atoms with E-state index in [1.165, 1.54) is 10.4 Å². The Labute approximate surface area is 179 Å². The van der Waals surface area contributed by atoms with Crippen molar-refractivity contribution in [3.8, 4) is 22.9 Å². The number of aromatic nitrogens is 1. The first kappa shape index (κ1) is 19.2. The number of oxazole rings is 1. The van der Waals surface area contributed by atoms with Gasteiger partial charge in [0.25, 0.3) is 10.0 Å². The van der Waals surface area contributed by atoms with Gasteiger partial charge in [-0.3, -0.25) is 4.31 Å². The largest absolute Gasteiger partial charge is 0.489 e. The van der Waals surface area contributed by atoms with Gasteiger partial charge in [0.05, 0.1) is 28.8 Å². The Morgan fingerprint density at radius 3 is 2.58 bits per heavy atom. The Kier molecular flexibility index (Phi) is 4.41. The van der Waals surface area contributed by atoms with Crippen molar-refractivity contribution in [1.29, 1.82) is 5.26 Å². The normalized spacial score (nSPS) is 13.5. The average molecular weight is 431 g/mol. The fraction of sp³-hybridized carbons (Fsp3) is 0.130. The van der Waals surface area contributed by atoms with E-state index < -0.39 is 10.0 Å². The van der Waals surface area contributed by atoms with Gasteiger partial charge in [-0.1, -0.05) is 18.2 Å². The second-order valence-corrected chi connectivity index (χ2v) is 9.02. The Hall–Kier alpha value is -3.83. The van der Waals surface area contributed by atoms with Gasteiger partial charge in [0.1, 0.15) is 17.9 Å². The number of fused-ring (bicyclic) bond motifs is 2. The zero-order chi connectivity index (χ0) is 21.6. The first-order valence-corrected chi connectivity index (χ1v) is 11.1. The van der Waals surface area contributed by atoms with Crippen LogP contribution in [0.25, 0.3) is 22.2 Å². The predicted molar refractivity (Wildman–Crippen MR) is 115 cm³/mol. The van der Waals surface area contributed by atoms with Crippen molar-refractivity contribution in [3.05, 3.63) is 72.1 Å². The van der Waals surface area contributed by atoms with E-state index in [-0.39, 0.29) is 18.0 Å². The number of rotatable bonds is 3. The molecule has 31 heavy (non-hydrogen) atoms. The third-order valence-electron chi connectivity index (χ3n) is 5.18. The molecule has 0 radical (unpaired) electrons. The van der Waals surface area contributed by atoms with E-state index in [2.05, 4.69) is 11.1 Å². The molecule has 4 aromatic rings. The molecule has 1 aromatic heterocycles. The van der Waals surface area contributed by atoms with Crippen LogP contribution in [0.1, 0.15) is 11.5 Å². The van der Waals surface area contributed by atoms with Crippen molar-refractivity contribution < 1.29 is 17.6 Å². The summed E-state index contributed by atoms with van der Waals surface area (Å²) in [5.74, 6) is 0.983. The molecule has 154 valence electrons. The molecule has 5 rings (SSSR count). The highest BCUT2D eigenvalue weighted by atomic mass is 32.2. The first-order valence-electron chi connectivity index (χ1n) is 9.63. The second-order valence-electron chi connectivity index (χ2n) is 7.16. The van der Waals surface area contributed by atoms with Crippen LogP contribution in [0.15, 0.2) is 70.0 Å². The topological polar surface area (TPSA) is 96.4 Å². The third kappa shape index (κ3) is 3.29. The quantitative estimate of drug-likeness (QED) is 0.481. The van der Waals surface area contributed by atoms with Crippen LogP contribution in [0.3, 0.4) is 0 Å². The van der Waals surface area contributed by atoms with E-state index in [1.54, 1.807) is 43.3 Å². The number of nitrogens with zero attached hydrogens (tertiary/aromatic N) is 3. The lowest BCUT2D eigenvalue weighted by atomic mass is 10.0. The minimum absolute atomic E-state index is 0.132. The summed E-state index contributed by atoms with van der Waals surface area (Å²) in [6, 6.07) is 19.4. The molecule has 0 fully saturated rings. The first-order chi connectivity index (χ1) is 15.0. The van der Waals surface area contributed by atoms with Gasteiger partial charge in [-0.05, 0) is 47.5 Å². The molecule has 0 spiro atoms. The third-order valence-corrected chi connectivity index (χ3v) is 6.99. The molecular formula is C23H17N3O4S. The second kappa shape index (κ2) is 7.15.